The Morgan fingerprint density at radius 1 is 1.26 bits per heavy atom. The van der Waals surface area contributed by atoms with E-state index in [0.29, 0.717) is 6.61 Å². The van der Waals surface area contributed by atoms with Gasteiger partial charge in [0.2, 0.25) is 0 Å². The first-order valence-electron chi connectivity index (χ1n) is 6.81. The Bertz CT molecular complexity index is 420. The first kappa shape index (κ1) is 14.2. The van der Waals surface area contributed by atoms with Crippen molar-refractivity contribution >= 4 is 0 Å². The molecule has 2 rings (SSSR count). The zero-order valence-electron chi connectivity index (χ0n) is 12.0. The monoisotopic (exact) mass is 265 g/mol. The highest BCUT2D eigenvalue weighted by Gasteiger charge is 2.19. The van der Waals surface area contributed by atoms with Crippen molar-refractivity contribution in [3.05, 3.63) is 23.3 Å². The summed E-state index contributed by atoms with van der Waals surface area (Å²) in [4.78, 5) is 0. The van der Waals surface area contributed by atoms with E-state index in [9.17, 15) is 0 Å². The average Bonchev–Trinajstić information content (AvgIpc) is 2.57. The minimum atomic E-state index is 0.153. The number of hydrogen-bond acceptors (Lipinski definition) is 4. The fraction of sp³-hybridized carbons (Fsp3) is 0.600. The molecule has 4 nitrogen and oxygen atoms in total. The Balaban J connectivity index is 1.97. The van der Waals surface area contributed by atoms with Crippen LogP contribution in [0.25, 0.3) is 0 Å². The van der Waals surface area contributed by atoms with Gasteiger partial charge in [0.25, 0.3) is 0 Å². The molecular weight excluding hydrogens is 242 g/mol. The lowest BCUT2D eigenvalue weighted by Gasteiger charge is -2.17. The topological polar surface area (TPSA) is 39.7 Å². The van der Waals surface area contributed by atoms with Crippen LogP contribution < -0.4 is 14.8 Å². The Hall–Kier alpha value is -1.26. The van der Waals surface area contributed by atoms with Gasteiger partial charge in [0, 0.05) is 26.6 Å². The number of nitrogens with one attached hydrogen (secondary N) is 1. The molecule has 1 aliphatic rings. The average molecular weight is 265 g/mol. The molecule has 0 saturated carbocycles. The highest BCUT2D eigenvalue weighted by molar-refractivity contribution is 5.47. The molecule has 0 radical (unpaired) electrons. The van der Waals surface area contributed by atoms with Crippen LogP contribution in [0.1, 0.15) is 17.5 Å². The van der Waals surface area contributed by atoms with E-state index >= 15 is 0 Å². The van der Waals surface area contributed by atoms with Crippen LogP contribution in [-0.4, -0.2) is 39.5 Å². The number of ether oxygens (including phenoxy) is 3. The maximum atomic E-state index is 6.04. The summed E-state index contributed by atoms with van der Waals surface area (Å²) in [5.74, 6) is 1.72. The van der Waals surface area contributed by atoms with Crippen molar-refractivity contribution in [3.8, 4) is 11.5 Å². The predicted molar refractivity (Wildman–Crippen MR) is 75.2 cm³/mol. The molecule has 1 N–H and O–H groups in total. The Kier molecular flexibility index (Phi) is 5.05. The van der Waals surface area contributed by atoms with Crippen LogP contribution in [0.5, 0.6) is 11.5 Å². The number of hydrogen-bond donors (Lipinski definition) is 1. The van der Waals surface area contributed by atoms with Crippen LogP contribution in [0.15, 0.2) is 12.1 Å². The minimum Gasteiger partial charge on any atom is -0.490 e. The number of rotatable bonds is 5. The molecule has 1 aromatic rings. The Morgan fingerprint density at radius 3 is 2.74 bits per heavy atom. The molecule has 0 fully saturated rings. The summed E-state index contributed by atoms with van der Waals surface area (Å²) in [5, 5.41) is 3.34. The number of fused-ring (bicyclic) bond motifs is 1. The van der Waals surface area contributed by atoms with Crippen LogP contribution in [0.2, 0.25) is 0 Å². The van der Waals surface area contributed by atoms with Gasteiger partial charge in [0.05, 0.1) is 13.2 Å². The lowest BCUT2D eigenvalue weighted by atomic mass is 10.1. The van der Waals surface area contributed by atoms with Gasteiger partial charge in [-0.3, -0.25) is 0 Å². The number of aryl methyl sites for hydroxylation is 2. The van der Waals surface area contributed by atoms with Gasteiger partial charge < -0.3 is 19.5 Å². The van der Waals surface area contributed by atoms with Gasteiger partial charge in [-0.25, -0.2) is 0 Å². The molecular formula is C15H23NO3. The summed E-state index contributed by atoms with van der Waals surface area (Å²) >= 11 is 0. The third-order valence-electron chi connectivity index (χ3n) is 3.41. The summed E-state index contributed by atoms with van der Waals surface area (Å²) in [6.45, 7) is 7.27. The molecule has 0 amide bonds. The van der Waals surface area contributed by atoms with E-state index in [4.69, 9.17) is 14.2 Å². The second-order valence-electron chi connectivity index (χ2n) is 4.96. The quantitative estimate of drug-likeness (QED) is 0.827. The van der Waals surface area contributed by atoms with Gasteiger partial charge in [0.15, 0.2) is 11.5 Å². The molecule has 106 valence electrons. The summed E-state index contributed by atoms with van der Waals surface area (Å²) < 4.78 is 16.8. The van der Waals surface area contributed by atoms with Crippen molar-refractivity contribution < 1.29 is 14.2 Å². The maximum Gasteiger partial charge on any atom is 0.161 e. The normalized spacial score (nSPS) is 18.2. The van der Waals surface area contributed by atoms with Crippen LogP contribution in [0, 0.1) is 13.8 Å². The number of methoxy groups -OCH3 is 1. The largest absolute Gasteiger partial charge is 0.490 e. The molecule has 0 saturated heterocycles. The molecule has 1 unspecified atom stereocenters. The van der Waals surface area contributed by atoms with Crippen molar-refractivity contribution in [1.29, 1.82) is 0 Å². The van der Waals surface area contributed by atoms with E-state index in [2.05, 4.69) is 31.3 Å². The molecule has 0 spiro atoms. The summed E-state index contributed by atoms with van der Waals surface area (Å²) in [5.41, 5.74) is 2.47. The van der Waals surface area contributed by atoms with E-state index in [1.165, 1.54) is 11.1 Å². The van der Waals surface area contributed by atoms with Crippen molar-refractivity contribution in [2.45, 2.75) is 26.4 Å². The van der Waals surface area contributed by atoms with Crippen molar-refractivity contribution in [3.63, 3.8) is 0 Å². The van der Waals surface area contributed by atoms with Crippen LogP contribution in [0.3, 0.4) is 0 Å². The third kappa shape index (κ3) is 3.85. The van der Waals surface area contributed by atoms with E-state index in [1.807, 2.05) is 0 Å². The number of benzene rings is 1. The molecule has 1 aliphatic heterocycles. The molecule has 0 aliphatic carbocycles. The predicted octanol–water partition coefficient (Wildman–Crippen LogP) is 2.07. The molecule has 1 aromatic carbocycles. The van der Waals surface area contributed by atoms with Crippen LogP contribution >= 0.6 is 0 Å². The summed E-state index contributed by atoms with van der Waals surface area (Å²) in [7, 11) is 1.71. The first-order chi connectivity index (χ1) is 9.20. The highest BCUT2D eigenvalue weighted by Crippen LogP contribution is 2.33. The van der Waals surface area contributed by atoms with E-state index < -0.39 is 0 Å². The summed E-state index contributed by atoms with van der Waals surface area (Å²) in [6.07, 6.45) is 1.05. The Labute approximate surface area is 115 Å². The fourth-order valence-corrected chi connectivity index (χ4v) is 2.09. The molecule has 4 heteroatoms. The molecule has 19 heavy (non-hydrogen) atoms. The lowest BCUT2D eigenvalue weighted by molar-refractivity contribution is 0.171. The van der Waals surface area contributed by atoms with Gasteiger partial charge in [-0.05, 0) is 37.1 Å². The highest BCUT2D eigenvalue weighted by atomic mass is 16.5. The first-order valence-corrected chi connectivity index (χ1v) is 6.81. The minimum absolute atomic E-state index is 0.153. The second-order valence-corrected chi connectivity index (χ2v) is 4.96. The van der Waals surface area contributed by atoms with E-state index in [1.54, 1.807) is 7.11 Å². The lowest BCUT2D eigenvalue weighted by Crippen LogP contribution is -2.33. The summed E-state index contributed by atoms with van der Waals surface area (Å²) in [6, 6.07) is 4.13. The molecule has 1 heterocycles. The van der Waals surface area contributed by atoms with Gasteiger partial charge >= 0.3 is 0 Å². The van der Waals surface area contributed by atoms with Crippen LogP contribution in [0.4, 0.5) is 0 Å². The SMILES string of the molecule is COCCNCC1CCOc2cc(C)c(C)cc2O1. The third-order valence-corrected chi connectivity index (χ3v) is 3.41. The molecule has 0 bridgehead atoms. The molecule has 0 aromatic heterocycles. The maximum absolute atomic E-state index is 6.04. The van der Waals surface area contributed by atoms with Gasteiger partial charge in [-0.1, -0.05) is 0 Å². The van der Waals surface area contributed by atoms with Gasteiger partial charge in [-0.15, -0.1) is 0 Å². The fourth-order valence-electron chi connectivity index (χ4n) is 2.09. The van der Waals surface area contributed by atoms with E-state index in [-0.39, 0.29) is 6.10 Å². The Morgan fingerprint density at radius 2 is 2.00 bits per heavy atom. The van der Waals surface area contributed by atoms with Crippen LogP contribution in [-0.2, 0) is 4.74 Å². The van der Waals surface area contributed by atoms with Crippen molar-refractivity contribution in [2.75, 3.05) is 33.4 Å². The zero-order chi connectivity index (χ0) is 13.7. The van der Waals surface area contributed by atoms with Gasteiger partial charge in [-0.2, -0.15) is 0 Å². The molecule has 1 atom stereocenters. The van der Waals surface area contributed by atoms with E-state index in [0.717, 1.165) is 37.6 Å². The van der Waals surface area contributed by atoms with Crippen molar-refractivity contribution in [2.24, 2.45) is 0 Å². The van der Waals surface area contributed by atoms with Gasteiger partial charge in [0.1, 0.15) is 6.10 Å². The smallest absolute Gasteiger partial charge is 0.161 e. The second kappa shape index (κ2) is 6.78. The zero-order valence-corrected chi connectivity index (χ0v) is 12.0. The van der Waals surface area contributed by atoms with Crippen molar-refractivity contribution in [1.82, 2.24) is 5.32 Å². The standard InChI is InChI=1S/C15H23NO3/c1-11-8-14-15(9-12(11)2)19-13(4-6-18-14)10-16-5-7-17-3/h8-9,13,16H,4-7,10H2,1-3H3.